The molecule has 0 N–H and O–H groups in total. The predicted molar refractivity (Wildman–Crippen MR) is 110 cm³/mol. The molecule has 0 amide bonds. The summed E-state index contributed by atoms with van der Waals surface area (Å²) in [5.41, 5.74) is 1.00. The zero-order valence-electron chi connectivity index (χ0n) is 17.8. The van der Waals surface area contributed by atoms with E-state index in [0.29, 0.717) is 18.0 Å². The van der Waals surface area contributed by atoms with Crippen LogP contribution in [0.2, 0.25) is 0 Å². The first-order chi connectivity index (χ1) is 14.0. The van der Waals surface area contributed by atoms with E-state index in [1.807, 2.05) is 0 Å². The molecule has 7 nitrogen and oxygen atoms in total. The Balaban J connectivity index is 1.53. The minimum Gasteiger partial charge on any atom is -0.454 e. The zero-order valence-corrected chi connectivity index (χ0v) is 18.7. The number of sulfonamides is 1. The Bertz CT molecular complexity index is 1070. The second kappa shape index (κ2) is 7.20. The third kappa shape index (κ3) is 4.03. The number of carbonyl (C=O) groups is 1. The van der Waals surface area contributed by atoms with E-state index < -0.39 is 16.0 Å². The molecule has 1 aromatic carbocycles. The van der Waals surface area contributed by atoms with Gasteiger partial charge in [-0.15, -0.1) is 0 Å². The van der Waals surface area contributed by atoms with Crippen LogP contribution in [0.4, 0.5) is 0 Å². The van der Waals surface area contributed by atoms with Crippen LogP contribution >= 0.6 is 0 Å². The van der Waals surface area contributed by atoms with E-state index in [0.717, 1.165) is 19.3 Å². The summed E-state index contributed by atoms with van der Waals surface area (Å²) in [6.45, 7) is 8.83. The number of carbonyl (C=O) groups excluding carboxylic acids is 1. The van der Waals surface area contributed by atoms with Crippen molar-refractivity contribution in [3.05, 3.63) is 47.3 Å². The fraction of sp³-hybridized carbons (Fsp3) is 0.545. The van der Waals surface area contributed by atoms with Gasteiger partial charge in [-0.05, 0) is 55.2 Å². The Labute approximate surface area is 177 Å². The summed E-state index contributed by atoms with van der Waals surface area (Å²) in [5, 5.41) is 3.75. The Kier molecular flexibility index (Phi) is 5.05. The van der Waals surface area contributed by atoms with Crippen molar-refractivity contribution in [2.24, 2.45) is 10.8 Å². The van der Waals surface area contributed by atoms with E-state index in [9.17, 15) is 13.2 Å². The van der Waals surface area contributed by atoms with Crippen molar-refractivity contribution >= 4 is 16.0 Å². The standard InChI is InChI=1S/C22H28N2O5S/c1-15-8-18(29-23-15)12-28-20(25)16-6-5-7-19(9-16)30(26,27)24-14-22(4)11-17(24)10-21(2,3)13-22/h5-9,17H,10-14H2,1-4H3/t17-,22+/m1/s1. The average molecular weight is 433 g/mol. The lowest BCUT2D eigenvalue weighted by Gasteiger charge is -2.39. The molecule has 2 heterocycles. The van der Waals surface area contributed by atoms with Crippen molar-refractivity contribution in [3.8, 4) is 0 Å². The summed E-state index contributed by atoms with van der Waals surface area (Å²) in [7, 11) is -3.70. The topological polar surface area (TPSA) is 89.7 Å². The minimum atomic E-state index is -3.70. The number of aromatic nitrogens is 1. The second-order valence-electron chi connectivity index (χ2n) is 9.80. The maximum absolute atomic E-state index is 13.4. The van der Waals surface area contributed by atoms with Crippen LogP contribution in [0.1, 0.15) is 61.8 Å². The highest BCUT2D eigenvalue weighted by atomic mass is 32.2. The fourth-order valence-corrected chi connectivity index (χ4v) is 7.13. The highest BCUT2D eigenvalue weighted by Gasteiger charge is 2.53. The second-order valence-corrected chi connectivity index (χ2v) is 11.7. The third-order valence-corrected chi connectivity index (χ3v) is 7.96. The molecule has 0 radical (unpaired) electrons. The number of fused-ring (bicyclic) bond motifs is 2. The minimum absolute atomic E-state index is 0.00551. The zero-order chi connectivity index (χ0) is 21.7. The molecule has 2 atom stereocenters. The number of nitrogens with zero attached hydrogens (tertiary/aromatic N) is 2. The Hall–Kier alpha value is -2.19. The molecule has 2 bridgehead atoms. The van der Waals surface area contributed by atoms with Crippen LogP contribution in [-0.4, -0.2) is 36.4 Å². The number of ether oxygens (including phenoxy) is 1. The summed E-state index contributed by atoms with van der Waals surface area (Å²) in [4.78, 5) is 12.6. The van der Waals surface area contributed by atoms with Gasteiger partial charge in [0.25, 0.3) is 0 Å². The summed E-state index contributed by atoms with van der Waals surface area (Å²) in [6, 6.07) is 7.76. The quantitative estimate of drug-likeness (QED) is 0.665. The van der Waals surface area contributed by atoms with Crippen molar-refractivity contribution < 1.29 is 22.5 Å². The lowest BCUT2D eigenvalue weighted by Crippen LogP contribution is -2.37. The molecule has 162 valence electrons. The van der Waals surface area contributed by atoms with Crippen molar-refractivity contribution in [1.82, 2.24) is 9.46 Å². The summed E-state index contributed by atoms with van der Waals surface area (Å²) >= 11 is 0. The number of esters is 1. The molecule has 0 unspecified atom stereocenters. The van der Waals surface area contributed by atoms with Gasteiger partial charge in [0.1, 0.15) is 0 Å². The summed E-state index contributed by atoms with van der Waals surface area (Å²) in [5.74, 6) is -0.167. The molecule has 4 rings (SSSR count). The molecule has 1 aromatic heterocycles. The smallest absolute Gasteiger partial charge is 0.338 e. The van der Waals surface area contributed by atoms with Gasteiger partial charge in [0.15, 0.2) is 12.4 Å². The van der Waals surface area contributed by atoms with Gasteiger partial charge in [0, 0.05) is 18.7 Å². The number of aryl methyl sites for hydroxylation is 1. The van der Waals surface area contributed by atoms with Crippen LogP contribution in [0, 0.1) is 17.8 Å². The van der Waals surface area contributed by atoms with E-state index in [4.69, 9.17) is 9.26 Å². The first kappa shape index (κ1) is 21.1. The average Bonchev–Trinajstić information content (AvgIpc) is 3.19. The van der Waals surface area contributed by atoms with Crippen LogP contribution in [0.5, 0.6) is 0 Å². The van der Waals surface area contributed by atoms with Crippen LogP contribution in [0.15, 0.2) is 39.8 Å². The number of rotatable bonds is 5. The van der Waals surface area contributed by atoms with Crippen LogP contribution in [0.25, 0.3) is 0 Å². The first-order valence-corrected chi connectivity index (χ1v) is 11.6. The normalized spacial score (nSPS) is 25.9. The van der Waals surface area contributed by atoms with Crippen LogP contribution in [0.3, 0.4) is 0 Å². The largest absolute Gasteiger partial charge is 0.454 e. The summed E-state index contributed by atoms with van der Waals surface area (Å²) in [6.07, 6.45) is 2.74. The highest BCUT2D eigenvalue weighted by Crippen LogP contribution is 2.53. The Morgan fingerprint density at radius 3 is 2.73 bits per heavy atom. The van der Waals surface area contributed by atoms with E-state index in [1.54, 1.807) is 35.5 Å². The van der Waals surface area contributed by atoms with E-state index in [1.165, 1.54) is 6.07 Å². The van der Waals surface area contributed by atoms with Crippen molar-refractivity contribution in [2.75, 3.05) is 6.54 Å². The molecule has 1 saturated carbocycles. The van der Waals surface area contributed by atoms with Crippen molar-refractivity contribution in [2.45, 2.75) is 64.5 Å². The molecule has 1 aliphatic heterocycles. The molecule has 2 aliphatic rings. The van der Waals surface area contributed by atoms with Gasteiger partial charge in [-0.1, -0.05) is 32.0 Å². The van der Waals surface area contributed by atoms with E-state index in [-0.39, 0.29) is 33.9 Å². The molecule has 30 heavy (non-hydrogen) atoms. The third-order valence-electron chi connectivity index (χ3n) is 6.07. The van der Waals surface area contributed by atoms with Crippen molar-refractivity contribution in [3.63, 3.8) is 0 Å². The molecule has 0 spiro atoms. The molecule has 1 saturated heterocycles. The fourth-order valence-electron chi connectivity index (χ4n) is 5.31. The number of benzene rings is 1. The Morgan fingerprint density at radius 2 is 2.03 bits per heavy atom. The maximum Gasteiger partial charge on any atom is 0.338 e. The highest BCUT2D eigenvalue weighted by molar-refractivity contribution is 7.89. The lowest BCUT2D eigenvalue weighted by atomic mass is 9.65. The molecular weight excluding hydrogens is 404 g/mol. The predicted octanol–water partition coefficient (Wildman–Crippen LogP) is 3.93. The van der Waals surface area contributed by atoms with Gasteiger partial charge in [-0.3, -0.25) is 0 Å². The molecule has 8 heteroatoms. The van der Waals surface area contributed by atoms with E-state index >= 15 is 0 Å². The van der Waals surface area contributed by atoms with Gasteiger partial charge in [-0.2, -0.15) is 4.31 Å². The summed E-state index contributed by atoms with van der Waals surface area (Å²) < 4.78 is 38.8. The SMILES string of the molecule is Cc1cc(COC(=O)c2cccc(S(=O)(=O)N3C[C@@]4(C)C[C@H]3CC(C)(C)C4)c2)on1. The number of hydrogen-bond acceptors (Lipinski definition) is 6. The lowest BCUT2D eigenvalue weighted by molar-refractivity contribution is 0.0437. The molecule has 2 fully saturated rings. The maximum atomic E-state index is 13.4. The van der Waals surface area contributed by atoms with Crippen LogP contribution in [-0.2, 0) is 21.4 Å². The van der Waals surface area contributed by atoms with Gasteiger partial charge < -0.3 is 9.26 Å². The van der Waals surface area contributed by atoms with Gasteiger partial charge in [-0.25, -0.2) is 13.2 Å². The van der Waals surface area contributed by atoms with Gasteiger partial charge in [0.2, 0.25) is 10.0 Å². The Morgan fingerprint density at radius 1 is 1.27 bits per heavy atom. The van der Waals surface area contributed by atoms with Crippen LogP contribution < -0.4 is 0 Å². The first-order valence-electron chi connectivity index (χ1n) is 10.2. The van der Waals surface area contributed by atoms with E-state index in [2.05, 4.69) is 25.9 Å². The monoisotopic (exact) mass is 432 g/mol. The van der Waals surface area contributed by atoms with Gasteiger partial charge >= 0.3 is 5.97 Å². The van der Waals surface area contributed by atoms with Gasteiger partial charge in [0.05, 0.1) is 16.2 Å². The number of hydrogen-bond donors (Lipinski definition) is 0. The van der Waals surface area contributed by atoms with Crippen molar-refractivity contribution in [1.29, 1.82) is 0 Å². The molecule has 1 aliphatic carbocycles. The molecule has 2 aromatic rings. The molecular formula is C22H28N2O5S.